The molecule has 0 radical (unpaired) electrons. The summed E-state index contributed by atoms with van der Waals surface area (Å²) in [7, 11) is 0. The minimum Gasteiger partial charge on any atom is -0.473 e. The van der Waals surface area contributed by atoms with E-state index in [-0.39, 0.29) is 12.7 Å². The Morgan fingerprint density at radius 2 is 1.87 bits per heavy atom. The second-order valence-corrected chi connectivity index (χ2v) is 10.2. The first-order valence-electron chi connectivity index (χ1n) is 12.5. The van der Waals surface area contributed by atoms with E-state index < -0.39 is 5.82 Å². The lowest BCUT2D eigenvalue weighted by Gasteiger charge is -2.35. The first-order valence-corrected chi connectivity index (χ1v) is 13.3. The normalized spacial score (nSPS) is 18.1. The first kappa shape index (κ1) is 25.2. The third kappa shape index (κ3) is 5.54. The highest BCUT2D eigenvalue weighted by Gasteiger charge is 2.25. The van der Waals surface area contributed by atoms with Crippen molar-refractivity contribution in [2.45, 2.75) is 32.2 Å². The van der Waals surface area contributed by atoms with Crippen molar-refractivity contribution >= 4 is 40.2 Å². The van der Waals surface area contributed by atoms with Crippen molar-refractivity contribution in [3.8, 4) is 5.88 Å². The van der Waals surface area contributed by atoms with Gasteiger partial charge in [0.1, 0.15) is 29.6 Å². The van der Waals surface area contributed by atoms with Crippen LogP contribution in [0.25, 0.3) is 11.2 Å². The molecule has 2 aliphatic rings. The second kappa shape index (κ2) is 11.0. The van der Waals surface area contributed by atoms with Crippen molar-refractivity contribution in [1.29, 1.82) is 0 Å². The molecule has 2 saturated heterocycles. The molecule has 2 aliphatic heterocycles. The Balaban J connectivity index is 1.09. The van der Waals surface area contributed by atoms with Crippen LogP contribution in [0.2, 0.25) is 10.2 Å². The molecule has 4 aromatic rings. The third-order valence-corrected chi connectivity index (χ3v) is 7.30. The number of benzene rings is 1. The molecule has 9 nitrogen and oxygen atoms in total. The molecule has 1 aromatic carbocycles. The minimum atomic E-state index is -0.395. The van der Waals surface area contributed by atoms with Gasteiger partial charge < -0.3 is 18.9 Å². The van der Waals surface area contributed by atoms with E-state index in [1.165, 1.54) is 6.07 Å². The third-order valence-electron chi connectivity index (χ3n) is 6.88. The van der Waals surface area contributed by atoms with Gasteiger partial charge >= 0.3 is 0 Å². The number of imidazole rings is 1. The van der Waals surface area contributed by atoms with Crippen LogP contribution >= 0.6 is 23.2 Å². The Hall–Kier alpha value is -3.05. The largest absolute Gasteiger partial charge is 0.473 e. The van der Waals surface area contributed by atoms with Gasteiger partial charge in [-0.2, -0.15) is 4.98 Å². The number of rotatable bonds is 8. The average Bonchev–Trinajstić information content (AvgIpc) is 3.22. The highest BCUT2D eigenvalue weighted by molar-refractivity contribution is 6.30. The van der Waals surface area contributed by atoms with Gasteiger partial charge in [-0.05, 0) is 24.6 Å². The summed E-state index contributed by atoms with van der Waals surface area (Å²) in [6.45, 7) is 5.58. The standard InChI is InChI=1S/C26H26Cl2FN7O2/c27-18-5-4-17(20(29)12-18)16-38-25-3-1-2-23(31-25)35-9-7-34(8-10-35)15-24-30-21-13-22(28)32-33-26(21)36(24)14-19-6-11-37-19/h1-5,12-13,19H,6-11,14-16H2. The number of hydrogen-bond donors (Lipinski definition) is 0. The van der Waals surface area contributed by atoms with Crippen LogP contribution in [0.4, 0.5) is 10.2 Å². The predicted molar refractivity (Wildman–Crippen MR) is 142 cm³/mol. The van der Waals surface area contributed by atoms with E-state index in [2.05, 4.69) is 29.5 Å². The van der Waals surface area contributed by atoms with Gasteiger partial charge in [0.25, 0.3) is 0 Å². The maximum Gasteiger partial charge on any atom is 0.215 e. The maximum absolute atomic E-state index is 14.1. The Morgan fingerprint density at radius 1 is 1.03 bits per heavy atom. The van der Waals surface area contributed by atoms with Crippen LogP contribution < -0.4 is 9.64 Å². The molecule has 5 heterocycles. The Morgan fingerprint density at radius 3 is 2.63 bits per heavy atom. The quantitative estimate of drug-likeness (QED) is 0.316. The van der Waals surface area contributed by atoms with Crippen molar-refractivity contribution < 1.29 is 13.9 Å². The number of piperazine rings is 1. The number of pyridine rings is 1. The average molecular weight is 558 g/mol. The summed E-state index contributed by atoms with van der Waals surface area (Å²) >= 11 is 11.9. The summed E-state index contributed by atoms with van der Waals surface area (Å²) in [6, 6.07) is 11.9. The van der Waals surface area contributed by atoms with Gasteiger partial charge in [-0.15, -0.1) is 10.2 Å². The van der Waals surface area contributed by atoms with Crippen molar-refractivity contribution in [1.82, 2.24) is 29.6 Å². The molecule has 1 atom stereocenters. The van der Waals surface area contributed by atoms with Gasteiger partial charge in [-0.3, -0.25) is 4.90 Å². The number of nitrogens with zero attached hydrogens (tertiary/aromatic N) is 7. The van der Waals surface area contributed by atoms with Crippen LogP contribution in [0.1, 0.15) is 17.8 Å². The van der Waals surface area contributed by atoms with Crippen LogP contribution in [0.15, 0.2) is 42.5 Å². The van der Waals surface area contributed by atoms with Crippen LogP contribution in [0, 0.1) is 5.82 Å². The fraction of sp³-hybridized carbons (Fsp3) is 0.385. The summed E-state index contributed by atoms with van der Waals surface area (Å²) in [5, 5.41) is 9.01. The molecule has 0 aliphatic carbocycles. The zero-order chi connectivity index (χ0) is 26.1. The van der Waals surface area contributed by atoms with E-state index in [9.17, 15) is 4.39 Å². The number of halogens is 3. The van der Waals surface area contributed by atoms with Crippen LogP contribution in [0.3, 0.4) is 0 Å². The minimum absolute atomic E-state index is 0.0791. The number of aromatic nitrogens is 5. The summed E-state index contributed by atoms with van der Waals surface area (Å²) in [5.74, 6) is 1.82. The van der Waals surface area contributed by atoms with Gasteiger partial charge in [-0.1, -0.05) is 35.3 Å². The summed E-state index contributed by atoms with van der Waals surface area (Å²) < 4.78 is 27.6. The lowest BCUT2D eigenvalue weighted by molar-refractivity contribution is -0.0592. The van der Waals surface area contributed by atoms with E-state index in [1.807, 2.05) is 12.1 Å². The van der Waals surface area contributed by atoms with Crippen molar-refractivity contribution in [2.24, 2.45) is 0 Å². The van der Waals surface area contributed by atoms with E-state index in [0.717, 1.165) is 62.0 Å². The van der Waals surface area contributed by atoms with Gasteiger partial charge in [-0.25, -0.2) is 9.37 Å². The van der Waals surface area contributed by atoms with Gasteiger partial charge in [0, 0.05) is 55.5 Å². The van der Waals surface area contributed by atoms with E-state index in [0.29, 0.717) is 34.7 Å². The SMILES string of the molecule is Fc1cc(Cl)ccc1COc1cccc(N2CCN(Cc3nc4cc(Cl)nnc4n3CC3CCO3)CC2)n1. The number of fused-ring (bicyclic) bond motifs is 1. The predicted octanol–water partition coefficient (Wildman–Crippen LogP) is 4.36. The van der Waals surface area contributed by atoms with Crippen molar-refractivity contribution in [3.63, 3.8) is 0 Å². The molecular formula is C26H26Cl2FN7O2. The van der Waals surface area contributed by atoms with Crippen LogP contribution in [-0.2, 0) is 24.4 Å². The molecule has 12 heteroatoms. The Kier molecular flexibility index (Phi) is 7.29. The zero-order valence-corrected chi connectivity index (χ0v) is 22.1. The van der Waals surface area contributed by atoms with Gasteiger partial charge in [0.05, 0.1) is 19.2 Å². The van der Waals surface area contributed by atoms with E-state index in [4.69, 9.17) is 37.7 Å². The molecule has 1 unspecified atom stereocenters. The molecule has 2 fully saturated rings. The van der Waals surface area contributed by atoms with Crippen molar-refractivity contribution in [2.75, 3.05) is 37.7 Å². The topological polar surface area (TPSA) is 81.4 Å². The molecule has 6 rings (SSSR count). The molecule has 38 heavy (non-hydrogen) atoms. The van der Waals surface area contributed by atoms with Crippen LogP contribution in [0.5, 0.6) is 5.88 Å². The number of ether oxygens (including phenoxy) is 2. The highest BCUT2D eigenvalue weighted by atomic mass is 35.5. The Labute approximate surface area is 229 Å². The molecular weight excluding hydrogens is 532 g/mol. The summed E-state index contributed by atoms with van der Waals surface area (Å²) in [5.41, 5.74) is 1.91. The fourth-order valence-electron chi connectivity index (χ4n) is 4.68. The number of anilines is 1. The molecule has 0 saturated carbocycles. The fourth-order valence-corrected chi connectivity index (χ4v) is 4.98. The lowest BCUT2D eigenvalue weighted by atomic mass is 10.2. The Bertz CT molecular complexity index is 1440. The smallest absolute Gasteiger partial charge is 0.215 e. The highest BCUT2D eigenvalue weighted by Crippen LogP contribution is 2.24. The zero-order valence-electron chi connectivity index (χ0n) is 20.6. The molecule has 0 amide bonds. The van der Waals surface area contributed by atoms with Crippen molar-refractivity contribution in [3.05, 3.63) is 69.8 Å². The lowest BCUT2D eigenvalue weighted by Crippen LogP contribution is -2.46. The van der Waals surface area contributed by atoms with E-state index >= 15 is 0 Å². The second-order valence-electron chi connectivity index (χ2n) is 9.42. The van der Waals surface area contributed by atoms with E-state index in [1.54, 1.807) is 24.3 Å². The van der Waals surface area contributed by atoms with Gasteiger partial charge in [0.2, 0.25) is 5.88 Å². The molecule has 0 bridgehead atoms. The molecule has 0 N–H and O–H groups in total. The van der Waals surface area contributed by atoms with Gasteiger partial charge in [0.15, 0.2) is 10.8 Å². The molecule has 0 spiro atoms. The molecule has 3 aromatic heterocycles. The van der Waals surface area contributed by atoms with Crippen LogP contribution in [-0.4, -0.2) is 68.5 Å². The first-order chi connectivity index (χ1) is 18.5. The molecule has 198 valence electrons. The summed E-state index contributed by atoms with van der Waals surface area (Å²) in [6.07, 6.45) is 1.21. The summed E-state index contributed by atoms with van der Waals surface area (Å²) in [4.78, 5) is 14.1. The maximum atomic E-state index is 14.1. The number of hydrogen-bond acceptors (Lipinski definition) is 8. The monoisotopic (exact) mass is 557 g/mol.